The molecule has 1 saturated heterocycles. The number of carbonyl (C=O) groups excluding carboxylic acids is 1. The van der Waals surface area contributed by atoms with E-state index < -0.39 is 0 Å². The Bertz CT molecular complexity index is 937. The van der Waals surface area contributed by atoms with E-state index in [4.69, 9.17) is 14.2 Å². The second-order valence-electron chi connectivity index (χ2n) is 6.71. The van der Waals surface area contributed by atoms with Crippen LogP contribution in [0.15, 0.2) is 30.3 Å². The van der Waals surface area contributed by atoms with Gasteiger partial charge in [-0.3, -0.25) is 4.79 Å². The van der Waals surface area contributed by atoms with Crippen molar-refractivity contribution in [1.29, 1.82) is 5.26 Å². The van der Waals surface area contributed by atoms with E-state index in [0.717, 1.165) is 41.4 Å². The lowest BCUT2D eigenvalue weighted by atomic mass is 10.1. The molecular formula is C22H24N2O4S. The molecule has 0 radical (unpaired) electrons. The Balaban J connectivity index is 1.73. The first-order chi connectivity index (χ1) is 14.0. The number of hydrogen-bond donors (Lipinski definition) is 0. The van der Waals surface area contributed by atoms with Gasteiger partial charge in [0.15, 0.2) is 11.5 Å². The molecule has 7 heteroatoms. The average Bonchev–Trinajstić information content (AvgIpc) is 3.20. The van der Waals surface area contributed by atoms with Crippen LogP contribution in [0.25, 0.3) is 11.6 Å². The highest BCUT2D eigenvalue weighted by Gasteiger charge is 2.22. The number of esters is 1. The highest BCUT2D eigenvalue weighted by Crippen LogP contribution is 2.34. The summed E-state index contributed by atoms with van der Waals surface area (Å²) in [5.74, 6) is 1.00. The molecule has 6 nitrogen and oxygen atoms in total. The number of hydrogen-bond acceptors (Lipinski definition) is 7. The summed E-state index contributed by atoms with van der Waals surface area (Å²) in [5, 5.41) is 10.8. The molecule has 3 rings (SSSR count). The van der Waals surface area contributed by atoms with E-state index in [2.05, 4.69) is 17.0 Å². The van der Waals surface area contributed by atoms with Gasteiger partial charge in [-0.15, -0.1) is 11.3 Å². The molecule has 0 aliphatic carbocycles. The highest BCUT2D eigenvalue weighted by molar-refractivity contribution is 7.17. The van der Waals surface area contributed by atoms with E-state index in [1.54, 1.807) is 31.6 Å². The third-order valence-corrected chi connectivity index (χ3v) is 5.89. The van der Waals surface area contributed by atoms with Crippen molar-refractivity contribution < 1.29 is 19.0 Å². The number of thiophene rings is 1. The number of rotatable bonds is 6. The third-order valence-electron chi connectivity index (χ3n) is 4.80. The molecule has 0 bridgehead atoms. The first-order valence-electron chi connectivity index (χ1n) is 9.40. The van der Waals surface area contributed by atoms with Gasteiger partial charge >= 0.3 is 5.97 Å². The van der Waals surface area contributed by atoms with E-state index in [0.29, 0.717) is 17.1 Å². The van der Waals surface area contributed by atoms with Crippen molar-refractivity contribution in [2.75, 3.05) is 32.2 Å². The number of carbonyl (C=O) groups is 1. The van der Waals surface area contributed by atoms with Crippen LogP contribution < -0.4 is 14.4 Å². The van der Waals surface area contributed by atoms with Gasteiger partial charge in [0.2, 0.25) is 0 Å². The highest BCUT2D eigenvalue weighted by atomic mass is 32.1. The Morgan fingerprint density at radius 3 is 2.52 bits per heavy atom. The topological polar surface area (TPSA) is 71.8 Å². The summed E-state index contributed by atoms with van der Waals surface area (Å²) in [5.41, 5.74) is 1.34. The van der Waals surface area contributed by atoms with Crippen LogP contribution in [0.3, 0.4) is 0 Å². The molecule has 0 unspecified atom stereocenters. The van der Waals surface area contributed by atoms with Gasteiger partial charge in [0.1, 0.15) is 6.10 Å². The zero-order chi connectivity index (χ0) is 20.8. The first kappa shape index (κ1) is 20.7. The fourth-order valence-corrected chi connectivity index (χ4v) is 4.35. The van der Waals surface area contributed by atoms with E-state index in [1.165, 1.54) is 6.92 Å². The van der Waals surface area contributed by atoms with Gasteiger partial charge in [-0.1, -0.05) is 0 Å². The van der Waals surface area contributed by atoms with E-state index in [9.17, 15) is 10.1 Å². The minimum Gasteiger partial charge on any atom is -0.493 e. The van der Waals surface area contributed by atoms with Crippen LogP contribution in [0.1, 0.15) is 30.2 Å². The lowest BCUT2D eigenvalue weighted by molar-refractivity contribution is -0.147. The number of nitriles is 1. The zero-order valence-corrected chi connectivity index (χ0v) is 17.6. The van der Waals surface area contributed by atoms with Crippen molar-refractivity contribution in [2.45, 2.75) is 25.9 Å². The van der Waals surface area contributed by atoms with Crippen LogP contribution in [-0.2, 0) is 9.53 Å². The maximum absolute atomic E-state index is 11.1. The van der Waals surface area contributed by atoms with Crippen molar-refractivity contribution in [1.82, 2.24) is 0 Å². The average molecular weight is 413 g/mol. The van der Waals surface area contributed by atoms with Gasteiger partial charge < -0.3 is 19.1 Å². The first-order valence-corrected chi connectivity index (χ1v) is 10.2. The molecule has 0 spiro atoms. The number of benzene rings is 1. The van der Waals surface area contributed by atoms with Crippen LogP contribution in [0.2, 0.25) is 0 Å². The smallest absolute Gasteiger partial charge is 0.302 e. The molecule has 0 atom stereocenters. The lowest BCUT2D eigenvalue weighted by Crippen LogP contribution is -2.37. The molecule has 1 aliphatic rings. The lowest BCUT2D eigenvalue weighted by Gasteiger charge is -2.32. The molecular weight excluding hydrogens is 388 g/mol. The minimum atomic E-state index is -0.216. The Labute approximate surface area is 174 Å². The fourth-order valence-electron chi connectivity index (χ4n) is 3.34. The Morgan fingerprint density at radius 1 is 1.17 bits per heavy atom. The van der Waals surface area contributed by atoms with Crippen molar-refractivity contribution >= 4 is 34.0 Å². The van der Waals surface area contributed by atoms with Crippen LogP contribution in [0.5, 0.6) is 11.5 Å². The molecule has 0 N–H and O–H groups in total. The number of nitrogens with zero attached hydrogens (tertiary/aromatic N) is 2. The molecule has 1 aliphatic heterocycles. The quantitative estimate of drug-likeness (QED) is 0.518. The van der Waals surface area contributed by atoms with E-state index >= 15 is 0 Å². The van der Waals surface area contributed by atoms with E-state index in [-0.39, 0.29) is 12.1 Å². The molecule has 152 valence electrons. The zero-order valence-electron chi connectivity index (χ0n) is 16.8. The predicted octanol–water partition coefficient (Wildman–Crippen LogP) is 4.36. The van der Waals surface area contributed by atoms with Crippen LogP contribution >= 0.6 is 11.3 Å². The molecule has 1 aromatic carbocycles. The summed E-state index contributed by atoms with van der Waals surface area (Å²) in [4.78, 5) is 14.4. The van der Waals surface area contributed by atoms with Gasteiger partial charge in [-0.25, -0.2) is 0 Å². The summed E-state index contributed by atoms with van der Waals surface area (Å²) < 4.78 is 15.9. The predicted molar refractivity (Wildman–Crippen MR) is 114 cm³/mol. The largest absolute Gasteiger partial charge is 0.493 e. The molecule has 2 aromatic rings. The number of anilines is 1. The Hall–Kier alpha value is -2.98. The molecule has 1 fully saturated rings. The fraction of sp³-hybridized carbons (Fsp3) is 0.364. The molecule has 0 saturated carbocycles. The normalized spacial score (nSPS) is 15.0. The summed E-state index contributed by atoms with van der Waals surface area (Å²) in [6.45, 7) is 3.15. The maximum Gasteiger partial charge on any atom is 0.302 e. The van der Waals surface area contributed by atoms with Crippen molar-refractivity contribution in [3.63, 3.8) is 0 Å². The van der Waals surface area contributed by atoms with Gasteiger partial charge in [0.25, 0.3) is 0 Å². The molecule has 2 heterocycles. The molecule has 1 aromatic heterocycles. The maximum atomic E-state index is 11.1. The summed E-state index contributed by atoms with van der Waals surface area (Å²) in [6.07, 6.45) is 3.56. The summed E-state index contributed by atoms with van der Waals surface area (Å²) >= 11 is 1.65. The van der Waals surface area contributed by atoms with Crippen LogP contribution in [0.4, 0.5) is 5.00 Å². The Kier molecular flexibility index (Phi) is 6.78. The summed E-state index contributed by atoms with van der Waals surface area (Å²) in [7, 11) is 3.16. The van der Waals surface area contributed by atoms with Crippen molar-refractivity contribution in [3.8, 4) is 17.6 Å². The van der Waals surface area contributed by atoms with Crippen LogP contribution in [0, 0.1) is 11.3 Å². The van der Waals surface area contributed by atoms with E-state index in [1.807, 2.05) is 24.3 Å². The number of ether oxygens (including phenoxy) is 3. The number of piperidine rings is 1. The Morgan fingerprint density at radius 2 is 1.90 bits per heavy atom. The summed E-state index contributed by atoms with van der Waals surface area (Å²) in [6, 6.07) is 11.8. The van der Waals surface area contributed by atoms with Crippen LogP contribution in [-0.4, -0.2) is 39.4 Å². The second-order valence-corrected chi connectivity index (χ2v) is 7.81. The third kappa shape index (κ3) is 5.09. The minimum absolute atomic E-state index is 0.0123. The van der Waals surface area contributed by atoms with Crippen molar-refractivity contribution in [2.24, 2.45) is 0 Å². The van der Waals surface area contributed by atoms with Crippen molar-refractivity contribution in [3.05, 3.63) is 40.8 Å². The van der Waals surface area contributed by atoms with Gasteiger partial charge in [-0.2, -0.15) is 5.26 Å². The standard InChI is InChI=1S/C22H24N2O4S/c1-15(25)28-18-8-10-24(11-9-18)22-7-5-19(29-22)12-17(14-23)16-4-6-20(26-2)21(13-16)27-3/h4-7,12-13,18H,8-11H2,1-3H3/b17-12+. The number of methoxy groups -OCH3 is 2. The molecule has 29 heavy (non-hydrogen) atoms. The van der Waals surface area contributed by atoms with Gasteiger partial charge in [0.05, 0.1) is 30.9 Å². The monoisotopic (exact) mass is 412 g/mol. The number of allylic oxidation sites excluding steroid dienone is 1. The van der Waals surface area contributed by atoms with Gasteiger partial charge in [-0.05, 0) is 42.0 Å². The SMILES string of the molecule is COc1ccc(/C(C#N)=C/c2ccc(N3CCC(OC(C)=O)CC3)s2)cc1OC. The molecule has 0 amide bonds. The van der Waals surface area contributed by atoms with Gasteiger partial charge in [0, 0.05) is 37.7 Å². The second kappa shape index (κ2) is 9.48.